The first-order chi connectivity index (χ1) is 42.2. The van der Waals surface area contributed by atoms with Crippen LogP contribution in [-0.2, 0) is 83.0 Å². The van der Waals surface area contributed by atoms with Crippen LogP contribution in [0.2, 0.25) is 50.4 Å². The molecule has 2 aromatic rings. The number of epoxide rings is 1. The van der Waals surface area contributed by atoms with Crippen LogP contribution in [0.25, 0.3) is 0 Å². The van der Waals surface area contributed by atoms with Crippen LogP contribution < -0.4 is 0 Å². The highest BCUT2D eigenvalue weighted by atomic mass is 28.4. The molecule has 0 aliphatic carbocycles. The van der Waals surface area contributed by atoms with Gasteiger partial charge in [-0.1, -0.05) is 49.6 Å². The molecule has 2 aromatic carbocycles. The average molecular weight is 1360 g/mol. The van der Waals surface area contributed by atoms with Crippen LogP contribution in [0.5, 0.6) is 0 Å². The van der Waals surface area contributed by atoms with Gasteiger partial charge in [-0.2, -0.15) is 5.26 Å². The van der Waals surface area contributed by atoms with Gasteiger partial charge in [0.2, 0.25) is 0 Å². The molecule has 1 aliphatic rings. The molecule has 0 aromatic heterocycles. The van der Waals surface area contributed by atoms with Gasteiger partial charge >= 0.3 is 64.1 Å². The smallest absolute Gasteiger partial charge is 0.345 e. The Kier molecular flexibility index (Phi) is 64.9. The van der Waals surface area contributed by atoms with Crippen molar-refractivity contribution in [2.24, 2.45) is 0 Å². The van der Waals surface area contributed by atoms with E-state index >= 15 is 0 Å². The molecule has 1 heterocycles. The third-order valence-electron chi connectivity index (χ3n) is 11.3. The second-order valence-corrected chi connectivity index (χ2v) is 33.1. The Labute approximate surface area is 539 Å². The summed E-state index contributed by atoms with van der Waals surface area (Å²) in [5.41, 5.74) is 1.12. The third kappa shape index (κ3) is 64.1. The fraction of sp³-hybridized carbons (Fsp3) is 0.567. The Hall–Kier alpha value is -5.47. The zero-order valence-corrected chi connectivity index (χ0v) is 60.5. The summed E-state index contributed by atoms with van der Waals surface area (Å²) in [6, 6.07) is 20.6. The quantitative estimate of drug-likeness (QED) is 0.00546. The Morgan fingerprint density at radius 2 is 0.811 bits per heavy atom. The van der Waals surface area contributed by atoms with E-state index in [2.05, 4.69) is 73.4 Å². The topological polar surface area (TPSA) is 341 Å². The summed E-state index contributed by atoms with van der Waals surface area (Å²) in [6.45, 7) is 36.7. The van der Waals surface area contributed by atoms with Gasteiger partial charge in [0.15, 0.2) is 0 Å². The Bertz CT molecular complexity index is 2080. The molecular formula is C60H110O26Si4. The number of aliphatic hydroxyl groups excluding tert-OH is 3. The summed E-state index contributed by atoms with van der Waals surface area (Å²) in [4.78, 5) is 44.3. The molecule has 1 unspecified atom stereocenters. The monoisotopic (exact) mass is 1360 g/mol. The maximum absolute atomic E-state index is 11.0. The SMILES string of the molecule is C=C(C)C(=O)O.C=C(O)OC(=O)C(=C)C.C=C(O)OC(=O)c1ccccc1.C=C(O)OO.CCO[Si](C)(CCCOCC1CO1)OCC.COCCC[Si](C)(OC)OC.COCCC[Si](C)(OC)OC.COCCC[Si](C)(OC)OC.O=C(O)c1ccccc1. The molecule has 30 heteroatoms. The van der Waals surface area contributed by atoms with Crippen molar-refractivity contribution in [2.45, 2.75) is 110 Å². The number of hydrogen-bond donors (Lipinski definition) is 6. The number of aliphatic carboxylic acids is 1. The highest BCUT2D eigenvalue weighted by Crippen LogP contribution is 2.18. The number of carboxylic acid groups (broad SMARTS) is 2. The van der Waals surface area contributed by atoms with Gasteiger partial charge < -0.3 is 99.0 Å². The van der Waals surface area contributed by atoms with E-state index in [4.69, 9.17) is 89.9 Å². The van der Waals surface area contributed by atoms with E-state index in [1.54, 1.807) is 125 Å². The number of aromatic carboxylic acids is 1. The van der Waals surface area contributed by atoms with Gasteiger partial charge in [0.05, 0.1) is 24.3 Å². The van der Waals surface area contributed by atoms with Gasteiger partial charge in [-0.15, -0.1) is 0 Å². The van der Waals surface area contributed by atoms with Gasteiger partial charge in [0.25, 0.3) is 11.9 Å². The molecule has 1 atom stereocenters. The van der Waals surface area contributed by atoms with Crippen molar-refractivity contribution in [3.63, 3.8) is 0 Å². The molecule has 0 saturated carbocycles. The van der Waals surface area contributed by atoms with Crippen molar-refractivity contribution in [3.8, 4) is 0 Å². The summed E-state index contributed by atoms with van der Waals surface area (Å²) in [5, 5.41) is 48.1. The standard InChI is InChI=1S/C11H24O4Si.C9H8O3.3C7H18O3Si.C7H6O2.C6H8O3.C4H6O2.C2H4O3/c1-4-14-16(3,15-5-2)8-6-7-12-9-11-10-13-11;1-7(10)12-9(11)8-5-3-2-4-6-8;3*1-8-6-5-7-11(4,9-2)10-3;8-7(9)6-4-2-1-3-5-6;1-4(2)6(8)9-5(3)7;1-3(2)4(5)6;1-2(3)5-4/h11H,4-10H2,1-3H3;2-6,10H,1H2;3*5-7H2,1-4H3;1-5H,(H,8,9);7H,1,3H2,2H3;1H2,2H3,(H,5,6);3-4H,1H2. The predicted molar refractivity (Wildman–Crippen MR) is 353 cm³/mol. The number of benzene rings is 2. The normalized spacial score (nSPS) is 11.7. The first-order valence-corrected chi connectivity index (χ1v) is 38.3. The third-order valence-corrected chi connectivity index (χ3v) is 23.4. The van der Waals surface area contributed by atoms with Crippen molar-refractivity contribution in [2.75, 3.05) is 117 Å². The molecule has 0 spiro atoms. The molecule has 0 bridgehead atoms. The highest BCUT2D eigenvalue weighted by molar-refractivity contribution is 6.67. The van der Waals surface area contributed by atoms with Crippen LogP contribution in [0.4, 0.5) is 0 Å². The number of rotatable bonds is 35. The molecular weight excluding hydrogens is 1250 g/mol. The molecule has 26 nitrogen and oxygen atoms in total. The number of methoxy groups -OCH3 is 3. The van der Waals surface area contributed by atoms with Crippen LogP contribution >= 0.6 is 0 Å². The summed E-state index contributed by atoms with van der Waals surface area (Å²) in [5.74, 6) is -4.98. The Morgan fingerprint density at radius 3 is 1.03 bits per heavy atom. The van der Waals surface area contributed by atoms with E-state index in [1.165, 1.54) is 13.8 Å². The van der Waals surface area contributed by atoms with E-state index in [9.17, 15) is 19.2 Å². The maximum atomic E-state index is 11.0. The molecule has 1 saturated heterocycles. The number of aliphatic hydroxyl groups is 3. The van der Waals surface area contributed by atoms with Crippen molar-refractivity contribution >= 4 is 58.1 Å². The Morgan fingerprint density at radius 1 is 0.500 bits per heavy atom. The molecule has 0 radical (unpaired) electrons. The van der Waals surface area contributed by atoms with Crippen LogP contribution in [0.3, 0.4) is 0 Å². The molecule has 6 N–H and O–H groups in total. The molecule has 1 aliphatic heterocycles. The summed E-state index contributed by atoms with van der Waals surface area (Å²) in [7, 11) is 8.02. The van der Waals surface area contributed by atoms with Crippen molar-refractivity contribution < 1.29 is 123 Å². The van der Waals surface area contributed by atoms with Crippen LogP contribution in [-0.4, -0.2) is 212 Å². The second kappa shape index (κ2) is 61.1. The van der Waals surface area contributed by atoms with Gasteiger partial charge in [0, 0.05) is 115 Å². The lowest BCUT2D eigenvalue weighted by atomic mass is 10.2. The zero-order valence-electron chi connectivity index (χ0n) is 56.5. The number of esters is 2. The first kappa shape index (κ1) is 95.6. The highest BCUT2D eigenvalue weighted by Gasteiger charge is 2.31. The molecule has 522 valence electrons. The summed E-state index contributed by atoms with van der Waals surface area (Å²) >= 11 is 0. The maximum Gasteiger partial charge on any atom is 0.345 e. The minimum atomic E-state index is -1.92. The van der Waals surface area contributed by atoms with Crippen LogP contribution in [0.1, 0.15) is 74.1 Å². The predicted octanol–water partition coefficient (Wildman–Crippen LogP) is 11.6. The van der Waals surface area contributed by atoms with Gasteiger partial charge in [-0.05, 0) is 148 Å². The van der Waals surface area contributed by atoms with Gasteiger partial charge in [0.1, 0.15) is 6.10 Å². The van der Waals surface area contributed by atoms with Crippen molar-refractivity contribution in [1.29, 1.82) is 0 Å². The largest absolute Gasteiger partial charge is 0.481 e. The lowest BCUT2D eigenvalue weighted by molar-refractivity contribution is -0.234. The van der Waals surface area contributed by atoms with E-state index in [1.807, 2.05) is 13.8 Å². The van der Waals surface area contributed by atoms with Crippen LogP contribution in [0, 0.1) is 0 Å². The van der Waals surface area contributed by atoms with E-state index in [0.717, 1.165) is 103 Å². The Balaban J connectivity index is -0.000000224. The lowest BCUT2D eigenvalue weighted by Gasteiger charge is -2.25. The first-order valence-electron chi connectivity index (χ1n) is 28.2. The number of hydrogen-bond acceptors (Lipinski definition) is 24. The number of carbonyl (C=O) groups excluding carboxylic acids is 2. The van der Waals surface area contributed by atoms with Crippen molar-refractivity contribution in [3.05, 3.63) is 134 Å². The molecule has 0 amide bonds. The van der Waals surface area contributed by atoms with Gasteiger partial charge in [-0.25, -0.2) is 19.2 Å². The zero-order chi connectivity index (χ0) is 70.6. The fourth-order valence-corrected chi connectivity index (χ4v) is 12.1. The van der Waals surface area contributed by atoms with Crippen LogP contribution in [0.15, 0.2) is 123 Å². The van der Waals surface area contributed by atoms with E-state index in [-0.39, 0.29) is 11.1 Å². The number of ether oxygens (including phenoxy) is 7. The summed E-state index contributed by atoms with van der Waals surface area (Å²) < 4.78 is 77.1. The average Bonchev–Trinajstić information content (AvgIpc) is 4.35. The fourth-order valence-electron chi connectivity index (χ4n) is 5.66. The van der Waals surface area contributed by atoms with E-state index < -0.39 is 76.0 Å². The lowest BCUT2D eigenvalue weighted by Crippen LogP contribution is -2.38. The molecule has 1 fully saturated rings. The minimum Gasteiger partial charge on any atom is -0.481 e. The molecule has 3 rings (SSSR count). The molecule has 90 heavy (non-hydrogen) atoms. The van der Waals surface area contributed by atoms with Gasteiger partial charge in [-0.3, -0.25) is 0 Å². The number of carboxylic acids is 2. The van der Waals surface area contributed by atoms with Crippen molar-refractivity contribution in [1.82, 2.24) is 0 Å². The summed E-state index contributed by atoms with van der Waals surface area (Å²) in [6.07, 6.45) is 4.42. The minimum absolute atomic E-state index is 0.176. The second-order valence-electron chi connectivity index (χ2n) is 19.0. The number of carbonyl (C=O) groups is 4. The van der Waals surface area contributed by atoms with E-state index in [0.29, 0.717) is 17.2 Å².